The van der Waals surface area contributed by atoms with Crippen LogP contribution in [0.4, 0.5) is 0 Å². The Labute approximate surface area is 115 Å². The predicted octanol–water partition coefficient (Wildman–Crippen LogP) is 1.79. The van der Waals surface area contributed by atoms with Crippen molar-refractivity contribution < 1.29 is 9.53 Å². The van der Waals surface area contributed by atoms with Gasteiger partial charge in [-0.1, -0.05) is 12.1 Å². The summed E-state index contributed by atoms with van der Waals surface area (Å²) < 4.78 is 5.21. The van der Waals surface area contributed by atoms with Crippen LogP contribution in [0, 0.1) is 6.92 Å². The summed E-state index contributed by atoms with van der Waals surface area (Å²) in [7, 11) is 1.66. The predicted molar refractivity (Wildman–Crippen MR) is 77.3 cm³/mol. The first-order chi connectivity index (χ1) is 8.81. The highest BCUT2D eigenvalue weighted by Gasteiger charge is 2.15. The van der Waals surface area contributed by atoms with Gasteiger partial charge in [0.15, 0.2) is 0 Å². The molecule has 1 aromatic rings. The molecule has 0 saturated heterocycles. The SMILES string of the molecule is COc1ccc(CCNC(=O)CC(C)(C)N)cc1C. The van der Waals surface area contributed by atoms with Gasteiger partial charge in [0.05, 0.1) is 7.11 Å². The van der Waals surface area contributed by atoms with Gasteiger partial charge in [-0.2, -0.15) is 0 Å². The highest BCUT2D eigenvalue weighted by Crippen LogP contribution is 2.18. The van der Waals surface area contributed by atoms with E-state index in [2.05, 4.69) is 11.4 Å². The summed E-state index contributed by atoms with van der Waals surface area (Å²) in [6.07, 6.45) is 1.15. The minimum absolute atomic E-state index is 0.00210. The number of carbonyl (C=O) groups excluding carboxylic acids is 1. The van der Waals surface area contributed by atoms with Crippen LogP contribution < -0.4 is 15.8 Å². The van der Waals surface area contributed by atoms with E-state index in [-0.39, 0.29) is 5.91 Å². The molecule has 0 aliphatic heterocycles. The fourth-order valence-electron chi connectivity index (χ4n) is 1.92. The number of hydrogen-bond donors (Lipinski definition) is 2. The van der Waals surface area contributed by atoms with Crippen LogP contribution in [0.1, 0.15) is 31.4 Å². The van der Waals surface area contributed by atoms with E-state index in [9.17, 15) is 4.79 Å². The second kappa shape index (κ2) is 6.57. The maximum absolute atomic E-state index is 11.6. The number of nitrogens with one attached hydrogen (secondary N) is 1. The summed E-state index contributed by atoms with van der Waals surface area (Å²) in [5.41, 5.74) is 7.63. The van der Waals surface area contributed by atoms with E-state index in [0.29, 0.717) is 13.0 Å². The van der Waals surface area contributed by atoms with Gasteiger partial charge in [-0.25, -0.2) is 0 Å². The lowest BCUT2D eigenvalue weighted by molar-refractivity contribution is -0.121. The first-order valence-corrected chi connectivity index (χ1v) is 6.51. The average molecular weight is 264 g/mol. The molecule has 0 radical (unpaired) electrons. The third-order valence-corrected chi connectivity index (χ3v) is 2.81. The van der Waals surface area contributed by atoms with Crippen molar-refractivity contribution in [2.45, 2.75) is 39.2 Å². The van der Waals surface area contributed by atoms with Crippen molar-refractivity contribution in [3.63, 3.8) is 0 Å². The Balaban J connectivity index is 2.41. The molecule has 1 aromatic carbocycles. The zero-order valence-electron chi connectivity index (χ0n) is 12.2. The Bertz CT molecular complexity index is 436. The van der Waals surface area contributed by atoms with Crippen LogP contribution in [0.3, 0.4) is 0 Å². The second-order valence-electron chi connectivity index (χ2n) is 5.57. The molecular weight excluding hydrogens is 240 g/mol. The monoisotopic (exact) mass is 264 g/mol. The van der Waals surface area contributed by atoms with Gasteiger partial charge in [-0.3, -0.25) is 4.79 Å². The minimum Gasteiger partial charge on any atom is -0.496 e. The lowest BCUT2D eigenvalue weighted by Crippen LogP contribution is -2.39. The number of nitrogens with two attached hydrogens (primary N) is 1. The van der Waals surface area contributed by atoms with Gasteiger partial charge >= 0.3 is 0 Å². The normalized spacial score (nSPS) is 11.2. The van der Waals surface area contributed by atoms with Gasteiger partial charge in [0.2, 0.25) is 5.91 Å². The fraction of sp³-hybridized carbons (Fsp3) is 0.533. The molecule has 0 aliphatic rings. The molecule has 0 saturated carbocycles. The van der Waals surface area contributed by atoms with Gasteiger partial charge < -0.3 is 15.8 Å². The van der Waals surface area contributed by atoms with Crippen molar-refractivity contribution in [2.75, 3.05) is 13.7 Å². The summed E-state index contributed by atoms with van der Waals surface area (Å²) in [6.45, 7) is 6.33. The van der Waals surface area contributed by atoms with Crippen molar-refractivity contribution in [1.82, 2.24) is 5.32 Å². The number of amides is 1. The molecule has 1 amide bonds. The van der Waals surface area contributed by atoms with Crippen molar-refractivity contribution in [3.8, 4) is 5.75 Å². The smallest absolute Gasteiger partial charge is 0.221 e. The van der Waals surface area contributed by atoms with Crippen LogP contribution in [0.15, 0.2) is 18.2 Å². The molecule has 4 nitrogen and oxygen atoms in total. The average Bonchev–Trinajstić information content (AvgIpc) is 2.26. The zero-order valence-corrected chi connectivity index (χ0v) is 12.2. The molecule has 0 atom stereocenters. The Kier molecular flexibility index (Phi) is 5.36. The molecule has 3 N–H and O–H groups in total. The number of methoxy groups -OCH3 is 1. The van der Waals surface area contributed by atoms with Crippen molar-refractivity contribution >= 4 is 5.91 Å². The molecule has 0 aliphatic carbocycles. The fourth-order valence-corrected chi connectivity index (χ4v) is 1.92. The Morgan fingerprint density at radius 2 is 2.11 bits per heavy atom. The van der Waals surface area contributed by atoms with Crippen LogP contribution in [-0.4, -0.2) is 25.1 Å². The van der Waals surface area contributed by atoms with E-state index in [1.54, 1.807) is 7.11 Å². The maximum Gasteiger partial charge on any atom is 0.221 e. The highest BCUT2D eigenvalue weighted by molar-refractivity contribution is 5.77. The van der Waals surface area contributed by atoms with Crippen LogP contribution in [0.25, 0.3) is 0 Å². The van der Waals surface area contributed by atoms with Crippen LogP contribution in [-0.2, 0) is 11.2 Å². The second-order valence-corrected chi connectivity index (χ2v) is 5.57. The minimum atomic E-state index is -0.458. The summed E-state index contributed by atoms with van der Waals surface area (Å²) in [6, 6.07) is 6.05. The van der Waals surface area contributed by atoms with Crippen LogP contribution in [0.2, 0.25) is 0 Å². The van der Waals surface area contributed by atoms with Crippen LogP contribution >= 0.6 is 0 Å². The van der Waals surface area contributed by atoms with E-state index in [1.165, 1.54) is 5.56 Å². The van der Waals surface area contributed by atoms with Crippen LogP contribution in [0.5, 0.6) is 5.75 Å². The summed E-state index contributed by atoms with van der Waals surface area (Å²) in [4.78, 5) is 11.6. The topological polar surface area (TPSA) is 64.3 Å². The molecule has 0 fully saturated rings. The number of ether oxygens (including phenoxy) is 1. The third kappa shape index (κ3) is 5.75. The van der Waals surface area contributed by atoms with Crippen molar-refractivity contribution in [1.29, 1.82) is 0 Å². The van der Waals surface area contributed by atoms with Gasteiger partial charge in [0, 0.05) is 18.5 Å². The molecule has 19 heavy (non-hydrogen) atoms. The van der Waals surface area contributed by atoms with E-state index < -0.39 is 5.54 Å². The summed E-state index contributed by atoms with van der Waals surface area (Å²) in [5.74, 6) is 0.885. The van der Waals surface area contributed by atoms with Gasteiger partial charge in [-0.15, -0.1) is 0 Å². The van der Waals surface area contributed by atoms with Crippen molar-refractivity contribution in [2.24, 2.45) is 5.73 Å². The summed E-state index contributed by atoms with van der Waals surface area (Å²) >= 11 is 0. The first kappa shape index (κ1) is 15.5. The molecule has 4 heteroatoms. The Morgan fingerprint density at radius 3 is 2.63 bits per heavy atom. The highest BCUT2D eigenvalue weighted by atomic mass is 16.5. The molecule has 0 heterocycles. The largest absolute Gasteiger partial charge is 0.496 e. The number of aryl methyl sites for hydroxylation is 1. The molecule has 106 valence electrons. The number of benzene rings is 1. The van der Waals surface area contributed by atoms with E-state index in [0.717, 1.165) is 17.7 Å². The Hall–Kier alpha value is -1.55. The first-order valence-electron chi connectivity index (χ1n) is 6.51. The third-order valence-electron chi connectivity index (χ3n) is 2.81. The molecule has 0 unspecified atom stereocenters. The molecular formula is C15H24N2O2. The van der Waals surface area contributed by atoms with E-state index in [1.807, 2.05) is 32.9 Å². The zero-order chi connectivity index (χ0) is 14.5. The quantitative estimate of drug-likeness (QED) is 0.823. The molecule has 0 bridgehead atoms. The van der Waals surface area contributed by atoms with Crippen molar-refractivity contribution in [3.05, 3.63) is 29.3 Å². The van der Waals surface area contributed by atoms with Gasteiger partial charge in [0.1, 0.15) is 5.75 Å². The molecule has 0 aromatic heterocycles. The number of carbonyl (C=O) groups is 1. The lowest BCUT2D eigenvalue weighted by Gasteiger charge is -2.17. The number of rotatable bonds is 6. The molecule has 1 rings (SSSR count). The molecule has 0 spiro atoms. The van der Waals surface area contributed by atoms with E-state index >= 15 is 0 Å². The van der Waals surface area contributed by atoms with Gasteiger partial charge in [0.25, 0.3) is 0 Å². The standard InChI is InChI=1S/C15H24N2O2/c1-11-9-12(5-6-13(11)19-4)7-8-17-14(18)10-15(2,3)16/h5-6,9H,7-8,10,16H2,1-4H3,(H,17,18). The maximum atomic E-state index is 11.6. The van der Waals surface area contributed by atoms with Gasteiger partial charge in [-0.05, 0) is 44.4 Å². The lowest BCUT2D eigenvalue weighted by atomic mass is 10.0. The Morgan fingerprint density at radius 1 is 1.42 bits per heavy atom. The van der Waals surface area contributed by atoms with E-state index in [4.69, 9.17) is 10.5 Å². The summed E-state index contributed by atoms with van der Waals surface area (Å²) in [5, 5.41) is 2.89. The number of hydrogen-bond acceptors (Lipinski definition) is 3.